The molecule has 1 aromatic rings. The second-order valence-electron chi connectivity index (χ2n) is 7.53. The monoisotopic (exact) mass is 357 g/mol. The molecule has 6 unspecified atom stereocenters. The summed E-state index contributed by atoms with van der Waals surface area (Å²) in [6, 6.07) is 6.28. The highest BCUT2D eigenvalue weighted by molar-refractivity contribution is 6.15. The summed E-state index contributed by atoms with van der Waals surface area (Å²) in [5.74, 6) is -2.59. The van der Waals surface area contributed by atoms with Gasteiger partial charge in [-0.05, 0) is 26.3 Å². The molecule has 26 heavy (non-hydrogen) atoms. The third kappa shape index (κ3) is 1.92. The molecule has 2 saturated heterocycles. The zero-order chi connectivity index (χ0) is 18.8. The van der Waals surface area contributed by atoms with Crippen molar-refractivity contribution in [1.82, 2.24) is 10.2 Å². The number of benzene rings is 1. The summed E-state index contributed by atoms with van der Waals surface area (Å²) in [6.07, 6.45) is -0.240. The van der Waals surface area contributed by atoms with Gasteiger partial charge >= 0.3 is 0 Å². The molecule has 3 heterocycles. The maximum absolute atomic E-state index is 13.3. The average Bonchev–Trinajstić information content (AvgIpc) is 3.20. The quantitative estimate of drug-likeness (QED) is 0.688. The van der Waals surface area contributed by atoms with Crippen LogP contribution in [-0.2, 0) is 19.9 Å². The maximum Gasteiger partial charge on any atom is 0.250 e. The number of imide groups is 1. The third-order valence-electron chi connectivity index (χ3n) is 6.14. The first kappa shape index (κ1) is 17.2. The van der Waals surface area contributed by atoms with Gasteiger partial charge in [0.05, 0.1) is 17.9 Å². The minimum atomic E-state index is -1.32. The van der Waals surface area contributed by atoms with Crippen molar-refractivity contribution < 1.29 is 19.5 Å². The SMILES string of the molecule is CCC(C)N1C(=O)C2C(C(C)O)NC3(C(=O)Nc4ccccc43)C2C1=O. The predicted octanol–water partition coefficient (Wildman–Crippen LogP) is 0.586. The first-order chi connectivity index (χ1) is 12.3. The Morgan fingerprint density at radius 1 is 1.19 bits per heavy atom. The second kappa shape index (κ2) is 5.62. The highest BCUT2D eigenvalue weighted by atomic mass is 16.3. The van der Waals surface area contributed by atoms with Crippen molar-refractivity contribution in [2.24, 2.45) is 11.8 Å². The van der Waals surface area contributed by atoms with E-state index < -0.39 is 29.5 Å². The Hall–Kier alpha value is -2.25. The number of nitrogens with zero attached hydrogens (tertiary/aromatic N) is 1. The van der Waals surface area contributed by atoms with E-state index in [0.29, 0.717) is 17.7 Å². The minimum Gasteiger partial charge on any atom is -0.392 e. The number of aliphatic hydroxyl groups excluding tert-OH is 1. The van der Waals surface area contributed by atoms with Gasteiger partial charge in [-0.1, -0.05) is 25.1 Å². The van der Waals surface area contributed by atoms with Crippen molar-refractivity contribution in [3.05, 3.63) is 29.8 Å². The molecule has 0 bridgehead atoms. The fourth-order valence-electron chi connectivity index (χ4n) is 4.74. The van der Waals surface area contributed by atoms with Crippen LogP contribution in [-0.4, -0.2) is 45.9 Å². The van der Waals surface area contributed by atoms with E-state index in [1.165, 1.54) is 4.90 Å². The lowest BCUT2D eigenvalue weighted by Crippen LogP contribution is -2.55. The molecule has 3 aliphatic heterocycles. The summed E-state index contributed by atoms with van der Waals surface area (Å²) >= 11 is 0. The molecule has 4 rings (SSSR count). The highest BCUT2D eigenvalue weighted by Gasteiger charge is 2.71. The van der Waals surface area contributed by atoms with Gasteiger partial charge < -0.3 is 10.4 Å². The Kier molecular flexibility index (Phi) is 3.71. The van der Waals surface area contributed by atoms with Crippen LogP contribution >= 0.6 is 0 Å². The van der Waals surface area contributed by atoms with Crippen LogP contribution in [0.25, 0.3) is 0 Å². The van der Waals surface area contributed by atoms with Crippen molar-refractivity contribution in [3.63, 3.8) is 0 Å². The second-order valence-corrected chi connectivity index (χ2v) is 7.53. The van der Waals surface area contributed by atoms with E-state index in [2.05, 4.69) is 10.6 Å². The first-order valence-corrected chi connectivity index (χ1v) is 9.08. The van der Waals surface area contributed by atoms with Crippen molar-refractivity contribution >= 4 is 23.4 Å². The summed E-state index contributed by atoms with van der Waals surface area (Å²) in [5.41, 5.74) is -0.0229. The molecule has 0 radical (unpaired) electrons. The number of aliphatic hydroxyl groups is 1. The fourth-order valence-corrected chi connectivity index (χ4v) is 4.74. The molecule has 1 aromatic carbocycles. The lowest BCUT2D eigenvalue weighted by molar-refractivity contribution is -0.145. The fraction of sp³-hybridized carbons (Fsp3) is 0.526. The molecular weight excluding hydrogens is 334 g/mol. The van der Waals surface area contributed by atoms with E-state index in [1.54, 1.807) is 25.1 Å². The highest BCUT2D eigenvalue weighted by Crippen LogP contribution is 2.53. The average molecular weight is 357 g/mol. The van der Waals surface area contributed by atoms with E-state index >= 15 is 0 Å². The van der Waals surface area contributed by atoms with E-state index in [1.807, 2.05) is 19.9 Å². The van der Waals surface area contributed by atoms with Gasteiger partial charge in [-0.25, -0.2) is 0 Å². The number of nitrogens with one attached hydrogen (secondary N) is 2. The van der Waals surface area contributed by atoms with Crippen LogP contribution in [0, 0.1) is 11.8 Å². The van der Waals surface area contributed by atoms with E-state index in [9.17, 15) is 19.5 Å². The Bertz CT molecular complexity index is 808. The molecule has 0 aliphatic carbocycles. The lowest BCUT2D eigenvalue weighted by Gasteiger charge is -2.31. The molecule has 138 valence electrons. The number of likely N-dealkylation sites (tertiary alicyclic amines) is 1. The number of carbonyl (C=O) groups excluding carboxylic acids is 3. The minimum absolute atomic E-state index is 0.244. The van der Waals surface area contributed by atoms with E-state index in [4.69, 9.17) is 0 Å². The van der Waals surface area contributed by atoms with Crippen LogP contribution in [0.15, 0.2) is 24.3 Å². The lowest BCUT2D eigenvalue weighted by atomic mass is 9.76. The van der Waals surface area contributed by atoms with Crippen LogP contribution in [0.5, 0.6) is 0 Å². The molecule has 0 saturated carbocycles. The number of rotatable bonds is 3. The molecule has 3 amide bonds. The number of carbonyl (C=O) groups is 3. The summed E-state index contributed by atoms with van der Waals surface area (Å²) in [5, 5.41) is 16.3. The molecule has 6 atom stereocenters. The molecular formula is C19H23N3O4. The zero-order valence-electron chi connectivity index (χ0n) is 15.0. The summed E-state index contributed by atoms with van der Waals surface area (Å²) < 4.78 is 0. The normalized spacial score (nSPS) is 34.8. The van der Waals surface area contributed by atoms with E-state index in [0.717, 1.165) is 0 Å². The van der Waals surface area contributed by atoms with Crippen LogP contribution in [0.1, 0.15) is 32.8 Å². The van der Waals surface area contributed by atoms with Gasteiger partial charge in [0, 0.05) is 23.3 Å². The number of anilines is 1. The van der Waals surface area contributed by atoms with Crippen molar-refractivity contribution in [2.75, 3.05) is 5.32 Å². The number of amides is 3. The Labute approximate surface area is 151 Å². The van der Waals surface area contributed by atoms with Crippen molar-refractivity contribution in [3.8, 4) is 0 Å². The molecule has 2 fully saturated rings. The number of para-hydroxylation sites is 1. The maximum atomic E-state index is 13.3. The van der Waals surface area contributed by atoms with Gasteiger partial charge in [-0.3, -0.25) is 24.6 Å². The Morgan fingerprint density at radius 2 is 1.88 bits per heavy atom. The molecule has 7 heteroatoms. The number of fused-ring (bicyclic) bond motifs is 4. The standard InChI is InChI=1S/C19H23N3O4/c1-4-9(2)22-16(24)13-14(17(22)25)19(21-15(13)10(3)23)11-7-5-6-8-12(11)20-18(19)26/h5-10,13-15,21,23H,4H2,1-3H3,(H,20,26). The predicted molar refractivity (Wildman–Crippen MR) is 93.9 cm³/mol. The Morgan fingerprint density at radius 3 is 2.54 bits per heavy atom. The van der Waals surface area contributed by atoms with Gasteiger partial charge in [-0.2, -0.15) is 0 Å². The van der Waals surface area contributed by atoms with Gasteiger partial charge in [0.15, 0.2) is 0 Å². The van der Waals surface area contributed by atoms with Crippen LogP contribution in [0.3, 0.4) is 0 Å². The molecule has 0 aromatic heterocycles. The topological polar surface area (TPSA) is 98.7 Å². The summed E-state index contributed by atoms with van der Waals surface area (Å²) in [4.78, 5) is 40.7. The Balaban J connectivity index is 1.90. The molecule has 1 spiro atoms. The largest absolute Gasteiger partial charge is 0.392 e. The third-order valence-corrected chi connectivity index (χ3v) is 6.14. The van der Waals surface area contributed by atoms with Crippen molar-refractivity contribution in [2.45, 2.75) is 50.9 Å². The van der Waals surface area contributed by atoms with E-state index in [-0.39, 0.29) is 23.8 Å². The summed E-state index contributed by atoms with van der Waals surface area (Å²) in [6.45, 7) is 5.32. The number of hydrogen-bond donors (Lipinski definition) is 3. The van der Waals surface area contributed by atoms with Gasteiger partial charge in [0.1, 0.15) is 5.54 Å². The first-order valence-electron chi connectivity index (χ1n) is 9.08. The molecule has 3 aliphatic rings. The van der Waals surface area contributed by atoms with Gasteiger partial charge in [0.25, 0.3) is 0 Å². The zero-order valence-corrected chi connectivity index (χ0v) is 15.0. The smallest absolute Gasteiger partial charge is 0.250 e. The number of hydrogen-bond acceptors (Lipinski definition) is 5. The van der Waals surface area contributed by atoms with Crippen LogP contribution in [0.4, 0.5) is 5.69 Å². The molecule has 3 N–H and O–H groups in total. The van der Waals surface area contributed by atoms with Crippen LogP contribution < -0.4 is 10.6 Å². The molecule has 7 nitrogen and oxygen atoms in total. The van der Waals surface area contributed by atoms with Gasteiger partial charge in [0.2, 0.25) is 17.7 Å². The van der Waals surface area contributed by atoms with Gasteiger partial charge in [-0.15, -0.1) is 0 Å². The van der Waals surface area contributed by atoms with Crippen LogP contribution in [0.2, 0.25) is 0 Å². The van der Waals surface area contributed by atoms with Crippen molar-refractivity contribution in [1.29, 1.82) is 0 Å². The summed E-state index contributed by atoms with van der Waals surface area (Å²) in [7, 11) is 0.